The molecule has 2 nitrogen and oxygen atoms in total. The average molecular weight is 243 g/mol. The van der Waals surface area contributed by atoms with Gasteiger partial charge in [0.05, 0.1) is 5.25 Å². The van der Waals surface area contributed by atoms with Crippen LogP contribution in [0.25, 0.3) is 0 Å². The van der Waals surface area contributed by atoms with Gasteiger partial charge in [-0.25, -0.2) is 0 Å². The predicted octanol–water partition coefficient (Wildman–Crippen LogP) is 3.03. The zero-order chi connectivity index (χ0) is 12.1. The fourth-order valence-electron chi connectivity index (χ4n) is 2.28. The molecule has 94 valence electrons. The maximum absolute atomic E-state index is 11.9. The number of amides is 1. The monoisotopic (exact) mass is 243 g/mol. The summed E-state index contributed by atoms with van der Waals surface area (Å²) in [5.74, 6) is 1.01. The molecular weight excluding hydrogens is 218 g/mol. The quantitative estimate of drug-likeness (QED) is 0.579. The average Bonchev–Trinajstić information content (AvgIpc) is 2.43. The molecule has 1 fully saturated rings. The van der Waals surface area contributed by atoms with E-state index < -0.39 is 0 Å². The Balaban J connectivity index is 2.48. The molecule has 0 aromatic carbocycles. The van der Waals surface area contributed by atoms with Gasteiger partial charge in [0.15, 0.2) is 0 Å². The fraction of sp³-hybridized carbons (Fsp3) is 0.923. The molecule has 0 radical (unpaired) electrons. The van der Waals surface area contributed by atoms with E-state index in [1.807, 2.05) is 13.8 Å². The molecule has 0 aliphatic heterocycles. The lowest BCUT2D eigenvalue weighted by molar-refractivity contribution is -0.122. The van der Waals surface area contributed by atoms with Gasteiger partial charge in [-0.2, -0.15) is 12.6 Å². The van der Waals surface area contributed by atoms with Gasteiger partial charge >= 0.3 is 0 Å². The Morgan fingerprint density at radius 3 is 2.50 bits per heavy atom. The van der Waals surface area contributed by atoms with E-state index >= 15 is 0 Å². The second kappa shape index (κ2) is 6.53. The van der Waals surface area contributed by atoms with Crippen LogP contribution in [0.5, 0.6) is 0 Å². The van der Waals surface area contributed by atoms with E-state index in [1.54, 1.807) is 0 Å². The van der Waals surface area contributed by atoms with E-state index in [1.165, 1.54) is 25.7 Å². The van der Waals surface area contributed by atoms with Gasteiger partial charge in [-0.15, -0.1) is 0 Å². The molecule has 0 aromatic heterocycles. The van der Waals surface area contributed by atoms with Gasteiger partial charge in [-0.1, -0.05) is 40.0 Å². The van der Waals surface area contributed by atoms with Gasteiger partial charge in [0.25, 0.3) is 0 Å². The lowest BCUT2D eigenvalue weighted by atomic mass is 9.96. The van der Waals surface area contributed by atoms with Crippen molar-refractivity contribution in [3.63, 3.8) is 0 Å². The third-order valence-electron chi connectivity index (χ3n) is 3.59. The van der Waals surface area contributed by atoms with Crippen LogP contribution in [-0.4, -0.2) is 17.2 Å². The van der Waals surface area contributed by atoms with E-state index in [2.05, 4.69) is 24.9 Å². The van der Waals surface area contributed by atoms with E-state index in [-0.39, 0.29) is 11.2 Å². The molecule has 0 aromatic rings. The Bertz CT molecular complexity index is 230. The molecule has 0 heterocycles. The van der Waals surface area contributed by atoms with Crippen LogP contribution in [0.3, 0.4) is 0 Å². The van der Waals surface area contributed by atoms with Gasteiger partial charge in [0.2, 0.25) is 5.91 Å². The van der Waals surface area contributed by atoms with Gasteiger partial charge < -0.3 is 5.32 Å². The van der Waals surface area contributed by atoms with Crippen molar-refractivity contribution in [1.82, 2.24) is 5.32 Å². The van der Waals surface area contributed by atoms with E-state index in [9.17, 15) is 4.79 Å². The number of carbonyl (C=O) groups is 1. The van der Waals surface area contributed by atoms with Gasteiger partial charge in [0, 0.05) is 6.04 Å². The first-order valence-corrected chi connectivity index (χ1v) is 7.02. The van der Waals surface area contributed by atoms with Crippen molar-refractivity contribution in [2.24, 2.45) is 11.8 Å². The Kier molecular flexibility index (Phi) is 5.67. The zero-order valence-electron chi connectivity index (χ0n) is 10.7. The number of hydrogen-bond donors (Lipinski definition) is 2. The summed E-state index contributed by atoms with van der Waals surface area (Å²) in [7, 11) is 0. The summed E-state index contributed by atoms with van der Waals surface area (Å²) >= 11 is 4.36. The van der Waals surface area contributed by atoms with Crippen molar-refractivity contribution < 1.29 is 4.79 Å². The number of nitrogens with one attached hydrogen (secondary N) is 1. The first-order chi connectivity index (χ1) is 7.52. The predicted molar refractivity (Wildman–Crippen MR) is 71.8 cm³/mol. The molecule has 16 heavy (non-hydrogen) atoms. The molecule has 0 spiro atoms. The largest absolute Gasteiger partial charge is 0.352 e. The van der Waals surface area contributed by atoms with E-state index in [0.717, 1.165) is 6.42 Å². The van der Waals surface area contributed by atoms with Crippen LogP contribution in [0, 0.1) is 11.8 Å². The Labute approximate surface area is 105 Å². The number of carbonyl (C=O) groups excluding carboxylic acids is 1. The molecular formula is C13H25NOS. The molecule has 0 bridgehead atoms. The van der Waals surface area contributed by atoms with Crippen molar-refractivity contribution >= 4 is 18.5 Å². The first kappa shape index (κ1) is 13.9. The third-order valence-corrected chi connectivity index (χ3v) is 4.42. The van der Waals surface area contributed by atoms with Crippen molar-refractivity contribution in [2.75, 3.05) is 0 Å². The minimum Gasteiger partial charge on any atom is -0.352 e. The van der Waals surface area contributed by atoms with Crippen molar-refractivity contribution in [1.29, 1.82) is 0 Å². The molecule has 1 saturated carbocycles. The van der Waals surface area contributed by atoms with Crippen LogP contribution in [0.15, 0.2) is 0 Å². The van der Waals surface area contributed by atoms with Gasteiger partial charge in [0.1, 0.15) is 0 Å². The van der Waals surface area contributed by atoms with E-state index in [0.29, 0.717) is 17.9 Å². The molecule has 0 saturated heterocycles. The molecule has 1 amide bonds. The SMILES string of the molecule is CC(C)C(S)C(=O)NC1CCCCCC1C. The van der Waals surface area contributed by atoms with Gasteiger partial charge in [-0.05, 0) is 24.7 Å². The maximum atomic E-state index is 11.9. The highest BCUT2D eigenvalue weighted by molar-refractivity contribution is 7.81. The third kappa shape index (κ3) is 4.00. The highest BCUT2D eigenvalue weighted by Gasteiger charge is 2.25. The Morgan fingerprint density at radius 1 is 1.25 bits per heavy atom. The van der Waals surface area contributed by atoms with Crippen molar-refractivity contribution in [3.05, 3.63) is 0 Å². The topological polar surface area (TPSA) is 29.1 Å². The summed E-state index contributed by atoms with van der Waals surface area (Å²) in [6, 6.07) is 0.364. The lowest BCUT2D eigenvalue weighted by Crippen LogP contribution is -2.43. The molecule has 1 rings (SSSR count). The smallest absolute Gasteiger partial charge is 0.233 e. The van der Waals surface area contributed by atoms with Gasteiger partial charge in [-0.3, -0.25) is 4.79 Å². The Morgan fingerprint density at radius 2 is 1.88 bits per heavy atom. The fourth-order valence-corrected chi connectivity index (χ4v) is 2.35. The Hall–Kier alpha value is -0.180. The molecule has 3 atom stereocenters. The molecule has 1 aliphatic rings. The minimum absolute atomic E-state index is 0.108. The highest BCUT2D eigenvalue weighted by atomic mass is 32.1. The van der Waals surface area contributed by atoms with Crippen molar-refractivity contribution in [3.8, 4) is 0 Å². The number of hydrogen-bond acceptors (Lipinski definition) is 2. The maximum Gasteiger partial charge on any atom is 0.233 e. The summed E-state index contributed by atoms with van der Waals surface area (Å²) in [6.07, 6.45) is 6.23. The number of rotatable bonds is 3. The van der Waals surface area contributed by atoms with Crippen LogP contribution in [-0.2, 0) is 4.79 Å². The van der Waals surface area contributed by atoms with E-state index in [4.69, 9.17) is 0 Å². The molecule has 3 unspecified atom stereocenters. The normalized spacial score (nSPS) is 28.6. The summed E-state index contributed by atoms with van der Waals surface area (Å²) in [5, 5.41) is 3.00. The molecule has 1 aliphatic carbocycles. The second-order valence-electron chi connectivity index (χ2n) is 5.42. The van der Waals surface area contributed by atoms with Crippen molar-refractivity contribution in [2.45, 2.75) is 64.2 Å². The molecule has 3 heteroatoms. The molecule has 1 N–H and O–H groups in total. The standard InChI is InChI=1S/C13H25NOS/c1-9(2)12(16)13(15)14-11-8-6-4-5-7-10(11)3/h9-12,16H,4-8H2,1-3H3,(H,14,15). The summed E-state index contributed by atoms with van der Waals surface area (Å²) < 4.78 is 0. The lowest BCUT2D eigenvalue weighted by Gasteiger charge is -2.25. The summed E-state index contributed by atoms with van der Waals surface area (Å²) in [6.45, 7) is 6.32. The van der Waals surface area contributed by atoms with Crippen LogP contribution in [0.2, 0.25) is 0 Å². The first-order valence-electron chi connectivity index (χ1n) is 6.50. The summed E-state index contributed by atoms with van der Waals surface area (Å²) in [5.41, 5.74) is 0. The van der Waals surface area contributed by atoms with Crippen LogP contribution >= 0.6 is 12.6 Å². The zero-order valence-corrected chi connectivity index (χ0v) is 11.6. The minimum atomic E-state index is -0.171. The highest BCUT2D eigenvalue weighted by Crippen LogP contribution is 2.23. The van der Waals surface area contributed by atoms with Crippen LogP contribution in [0.1, 0.15) is 52.9 Å². The summed E-state index contributed by atoms with van der Waals surface area (Å²) in [4.78, 5) is 11.9. The van der Waals surface area contributed by atoms with Crippen LogP contribution in [0.4, 0.5) is 0 Å². The van der Waals surface area contributed by atoms with Crippen LogP contribution < -0.4 is 5.32 Å². The second-order valence-corrected chi connectivity index (χ2v) is 5.98. The number of thiol groups is 1.